The summed E-state index contributed by atoms with van der Waals surface area (Å²) < 4.78 is 5.57. The van der Waals surface area contributed by atoms with Crippen LogP contribution in [0.1, 0.15) is 36.2 Å². The zero-order valence-electron chi connectivity index (χ0n) is 16.1. The van der Waals surface area contributed by atoms with Gasteiger partial charge in [0.25, 0.3) is 5.91 Å². The number of carbonyl (C=O) groups is 2. The van der Waals surface area contributed by atoms with Crippen LogP contribution < -0.4 is 11.0 Å². The Morgan fingerprint density at radius 2 is 1.89 bits per heavy atom. The Kier molecular flexibility index (Phi) is 5.82. The first-order valence-electron chi connectivity index (χ1n) is 10.2. The maximum atomic E-state index is 12.3. The standard InChI is InChI=1S/C19H29N5O4/c25-17-12-28-15(7-20-18(26)16-8-21-19(27)22-16)11-24(17)10-14-3-5-23(6-4-14)9-13-1-2-13/h8,13-15H,1-7,9-12H2,(H,20,26)(H2,21,22,27)/t15-/m0/s1. The van der Waals surface area contributed by atoms with Crippen LogP contribution in [0, 0.1) is 11.8 Å². The molecule has 1 aliphatic carbocycles. The molecule has 2 saturated heterocycles. The number of aromatic amines is 2. The number of H-pyrrole nitrogens is 2. The predicted octanol–water partition coefficient (Wildman–Crippen LogP) is -0.218. The summed E-state index contributed by atoms with van der Waals surface area (Å²) in [7, 11) is 0. The number of morpholine rings is 1. The Balaban J connectivity index is 1.21. The number of hydrogen-bond acceptors (Lipinski definition) is 5. The molecule has 0 aromatic carbocycles. The molecule has 0 radical (unpaired) electrons. The van der Waals surface area contributed by atoms with Crippen LogP contribution in [0.3, 0.4) is 0 Å². The first-order valence-corrected chi connectivity index (χ1v) is 10.2. The molecule has 2 aliphatic heterocycles. The van der Waals surface area contributed by atoms with Gasteiger partial charge in [0.15, 0.2) is 0 Å². The second kappa shape index (κ2) is 8.48. The average molecular weight is 391 g/mol. The van der Waals surface area contributed by atoms with Gasteiger partial charge in [-0.2, -0.15) is 0 Å². The van der Waals surface area contributed by atoms with Crippen LogP contribution in [-0.2, 0) is 9.53 Å². The summed E-state index contributed by atoms with van der Waals surface area (Å²) in [5, 5.41) is 2.75. The number of aromatic nitrogens is 2. The smallest absolute Gasteiger partial charge is 0.323 e. The lowest BCUT2D eigenvalue weighted by atomic mass is 9.95. The number of amides is 2. The molecule has 4 rings (SSSR count). The summed E-state index contributed by atoms with van der Waals surface area (Å²) in [6.45, 7) is 5.14. The van der Waals surface area contributed by atoms with E-state index in [9.17, 15) is 14.4 Å². The van der Waals surface area contributed by atoms with E-state index in [-0.39, 0.29) is 30.2 Å². The molecule has 0 bridgehead atoms. The third-order valence-corrected chi connectivity index (χ3v) is 5.95. The van der Waals surface area contributed by atoms with Gasteiger partial charge in [0, 0.05) is 32.4 Å². The highest BCUT2D eigenvalue weighted by atomic mass is 16.5. The van der Waals surface area contributed by atoms with E-state index in [2.05, 4.69) is 20.2 Å². The van der Waals surface area contributed by atoms with Gasteiger partial charge >= 0.3 is 5.69 Å². The van der Waals surface area contributed by atoms with E-state index in [0.29, 0.717) is 19.0 Å². The van der Waals surface area contributed by atoms with E-state index in [1.807, 2.05) is 4.90 Å². The van der Waals surface area contributed by atoms with Gasteiger partial charge in [-0.25, -0.2) is 4.79 Å². The second-order valence-corrected chi connectivity index (χ2v) is 8.29. The van der Waals surface area contributed by atoms with Crippen LogP contribution in [0.15, 0.2) is 11.0 Å². The van der Waals surface area contributed by atoms with Crippen molar-refractivity contribution in [3.05, 3.63) is 22.4 Å². The van der Waals surface area contributed by atoms with Gasteiger partial charge in [-0.3, -0.25) is 9.59 Å². The number of ether oxygens (including phenoxy) is 1. The number of hydrogen-bond donors (Lipinski definition) is 3. The summed E-state index contributed by atoms with van der Waals surface area (Å²) in [6.07, 6.45) is 6.16. The normalized spacial score (nSPS) is 24.5. The van der Waals surface area contributed by atoms with E-state index in [4.69, 9.17) is 4.74 Å². The number of piperidine rings is 1. The Labute approximate surface area is 163 Å². The molecule has 9 nitrogen and oxygen atoms in total. The van der Waals surface area contributed by atoms with Crippen molar-refractivity contribution in [1.82, 2.24) is 25.1 Å². The molecule has 2 amide bonds. The lowest BCUT2D eigenvalue weighted by Gasteiger charge is -2.38. The minimum atomic E-state index is -0.418. The van der Waals surface area contributed by atoms with E-state index < -0.39 is 5.69 Å². The second-order valence-electron chi connectivity index (χ2n) is 8.29. The van der Waals surface area contributed by atoms with Gasteiger partial charge in [-0.05, 0) is 50.6 Å². The number of rotatable bonds is 7. The number of nitrogens with one attached hydrogen (secondary N) is 3. The fourth-order valence-corrected chi connectivity index (χ4v) is 4.07. The highest BCUT2D eigenvalue weighted by molar-refractivity contribution is 5.91. The van der Waals surface area contributed by atoms with Gasteiger partial charge < -0.3 is 29.8 Å². The van der Waals surface area contributed by atoms with Crippen LogP contribution in [0.25, 0.3) is 0 Å². The molecule has 1 atom stereocenters. The SMILES string of the molecule is O=C(NC[C@H]1CN(CC2CCN(CC3CC3)CC2)C(=O)CO1)c1c[nH]c(=O)[nH]1. The average Bonchev–Trinajstić information content (AvgIpc) is 3.40. The van der Waals surface area contributed by atoms with Crippen molar-refractivity contribution in [3.63, 3.8) is 0 Å². The quantitative estimate of drug-likeness (QED) is 0.595. The van der Waals surface area contributed by atoms with Gasteiger partial charge in [0.05, 0.1) is 6.10 Å². The minimum Gasteiger partial charge on any atom is -0.365 e. The lowest BCUT2D eigenvalue weighted by Crippen LogP contribution is -2.52. The molecule has 1 saturated carbocycles. The Hall–Kier alpha value is -2.13. The molecule has 28 heavy (non-hydrogen) atoms. The predicted molar refractivity (Wildman–Crippen MR) is 102 cm³/mol. The molecule has 0 unspecified atom stereocenters. The molecule has 154 valence electrons. The fourth-order valence-electron chi connectivity index (χ4n) is 4.07. The number of likely N-dealkylation sites (tertiary alicyclic amines) is 1. The molecule has 3 aliphatic rings. The van der Waals surface area contributed by atoms with Crippen LogP contribution in [0.5, 0.6) is 0 Å². The van der Waals surface area contributed by atoms with Gasteiger partial charge in [0.2, 0.25) is 5.91 Å². The van der Waals surface area contributed by atoms with Crippen LogP contribution in [-0.4, -0.2) is 83.6 Å². The maximum Gasteiger partial charge on any atom is 0.323 e. The third kappa shape index (κ3) is 5.02. The molecular formula is C19H29N5O4. The van der Waals surface area contributed by atoms with Crippen LogP contribution in [0.4, 0.5) is 0 Å². The number of carbonyl (C=O) groups excluding carboxylic acids is 2. The van der Waals surface area contributed by atoms with Crippen LogP contribution in [0.2, 0.25) is 0 Å². The van der Waals surface area contributed by atoms with Crippen LogP contribution >= 0.6 is 0 Å². The Morgan fingerprint density at radius 1 is 1.14 bits per heavy atom. The van der Waals surface area contributed by atoms with E-state index in [1.54, 1.807) is 0 Å². The third-order valence-electron chi connectivity index (χ3n) is 5.95. The zero-order chi connectivity index (χ0) is 19.5. The Bertz CT molecular complexity index is 748. The van der Waals surface area contributed by atoms with E-state index in [0.717, 1.165) is 38.4 Å². The molecule has 9 heteroatoms. The molecular weight excluding hydrogens is 362 g/mol. The summed E-state index contributed by atoms with van der Waals surface area (Å²) in [6, 6.07) is 0. The van der Waals surface area contributed by atoms with Crippen molar-refractivity contribution >= 4 is 11.8 Å². The maximum absolute atomic E-state index is 12.3. The minimum absolute atomic E-state index is 0.0259. The van der Waals surface area contributed by atoms with Gasteiger partial charge in [-0.1, -0.05) is 0 Å². The van der Waals surface area contributed by atoms with E-state index in [1.165, 1.54) is 25.6 Å². The molecule has 3 fully saturated rings. The lowest BCUT2D eigenvalue weighted by molar-refractivity contribution is -0.149. The van der Waals surface area contributed by atoms with Crippen molar-refractivity contribution in [2.75, 3.05) is 45.9 Å². The van der Waals surface area contributed by atoms with Crippen molar-refractivity contribution < 1.29 is 14.3 Å². The van der Waals surface area contributed by atoms with Gasteiger partial charge in [-0.15, -0.1) is 0 Å². The highest BCUT2D eigenvalue weighted by Gasteiger charge is 2.31. The number of nitrogens with zero attached hydrogens (tertiary/aromatic N) is 2. The summed E-state index contributed by atoms with van der Waals surface area (Å²) in [5.74, 6) is 1.13. The summed E-state index contributed by atoms with van der Waals surface area (Å²) in [4.78, 5) is 44.6. The largest absolute Gasteiger partial charge is 0.365 e. The molecule has 0 spiro atoms. The van der Waals surface area contributed by atoms with Gasteiger partial charge in [0.1, 0.15) is 12.3 Å². The Morgan fingerprint density at radius 3 is 2.57 bits per heavy atom. The molecule has 3 N–H and O–H groups in total. The topological polar surface area (TPSA) is 111 Å². The first-order chi connectivity index (χ1) is 13.6. The molecule has 1 aromatic heterocycles. The van der Waals surface area contributed by atoms with Crippen molar-refractivity contribution in [2.45, 2.75) is 31.8 Å². The fraction of sp³-hybridized carbons (Fsp3) is 0.737. The van der Waals surface area contributed by atoms with E-state index >= 15 is 0 Å². The summed E-state index contributed by atoms with van der Waals surface area (Å²) in [5.41, 5.74) is -0.231. The van der Waals surface area contributed by atoms with Crippen molar-refractivity contribution in [1.29, 1.82) is 0 Å². The zero-order valence-corrected chi connectivity index (χ0v) is 16.1. The molecule has 1 aromatic rings. The summed E-state index contributed by atoms with van der Waals surface area (Å²) >= 11 is 0. The van der Waals surface area contributed by atoms with Crippen molar-refractivity contribution in [2.24, 2.45) is 11.8 Å². The highest BCUT2D eigenvalue weighted by Crippen LogP contribution is 2.31. The number of imidazole rings is 1. The first kappa shape index (κ1) is 19.2. The van der Waals surface area contributed by atoms with Crippen molar-refractivity contribution in [3.8, 4) is 0 Å². The molecule has 3 heterocycles. The monoisotopic (exact) mass is 391 g/mol.